The zero-order chi connectivity index (χ0) is 22.2. The zero-order valence-corrected chi connectivity index (χ0v) is 16.9. The molecule has 2 N–H and O–H groups in total. The van der Waals surface area contributed by atoms with Gasteiger partial charge in [-0.15, -0.1) is 0 Å². The average molecular weight is 410 g/mol. The number of hydrogen-bond acceptors (Lipinski definition) is 7. The number of carbonyl (C=O) groups excluding carboxylic acids is 1. The number of amides is 1. The van der Waals surface area contributed by atoms with E-state index in [2.05, 4.69) is 20.1 Å². The summed E-state index contributed by atoms with van der Waals surface area (Å²) < 4.78 is 12.7. The minimum atomic E-state index is -0.468. The lowest BCUT2D eigenvalue weighted by Crippen LogP contribution is -2.39. The van der Waals surface area contributed by atoms with E-state index in [0.717, 1.165) is 5.56 Å². The normalized spacial score (nSPS) is 11.2. The van der Waals surface area contributed by atoms with Gasteiger partial charge in [0.05, 0.1) is 6.61 Å². The van der Waals surface area contributed by atoms with Crippen molar-refractivity contribution in [1.29, 1.82) is 1.43 Å². The zero-order valence-electron chi connectivity index (χ0n) is 17.9. The van der Waals surface area contributed by atoms with Crippen molar-refractivity contribution in [2.75, 3.05) is 13.2 Å². The van der Waals surface area contributed by atoms with Crippen molar-refractivity contribution in [2.45, 2.75) is 26.5 Å². The van der Waals surface area contributed by atoms with E-state index in [9.17, 15) is 9.90 Å². The molecule has 2 aromatic heterocycles. The third kappa shape index (κ3) is 4.90. The van der Waals surface area contributed by atoms with Crippen molar-refractivity contribution < 1.29 is 19.7 Å². The molecule has 30 heavy (non-hydrogen) atoms. The Hall–Kier alpha value is -3.52. The molecule has 0 bridgehead atoms. The first kappa shape index (κ1) is 19.8. The Morgan fingerprint density at radius 3 is 2.60 bits per heavy atom. The summed E-state index contributed by atoms with van der Waals surface area (Å²) in [6.07, 6.45) is 1.57. The number of aliphatic hydroxyl groups excluding tert-OH is 1. The first-order valence-electron chi connectivity index (χ1n) is 10.00. The number of aromatic hydroxyl groups is 1. The van der Waals surface area contributed by atoms with Crippen molar-refractivity contribution in [3.8, 4) is 23.1 Å². The average Bonchev–Trinajstić information content (AvgIpc) is 2.79. The predicted octanol–water partition coefficient (Wildman–Crippen LogP) is 2.67. The summed E-state index contributed by atoms with van der Waals surface area (Å²) >= 11 is 0. The van der Waals surface area contributed by atoms with Gasteiger partial charge in [-0.1, -0.05) is 36.4 Å². The number of hydrogen-bond donors (Lipinski definition) is 2. The van der Waals surface area contributed by atoms with Gasteiger partial charge in [0.25, 0.3) is 11.8 Å². The molecule has 3 rings (SSSR count). The summed E-state index contributed by atoms with van der Waals surface area (Å²) in [7, 11) is 0. The van der Waals surface area contributed by atoms with E-state index in [1.807, 2.05) is 44.2 Å². The summed E-state index contributed by atoms with van der Waals surface area (Å²) in [6.45, 7) is 4.02. The highest BCUT2D eigenvalue weighted by atomic mass is 16.5. The van der Waals surface area contributed by atoms with Crippen LogP contribution in [0.3, 0.4) is 0 Å². The first-order valence-corrected chi connectivity index (χ1v) is 9.59. The Balaban J connectivity index is 2.02. The SMILES string of the molecule is [3H]OCCN(C(=O)c1nc(-c2ccccn2)nc(O)c1OCc1ccccc1)C(C)C. The van der Waals surface area contributed by atoms with Crippen LogP contribution in [0.5, 0.6) is 11.6 Å². The van der Waals surface area contributed by atoms with Crippen molar-refractivity contribution in [1.82, 2.24) is 19.9 Å². The summed E-state index contributed by atoms with van der Waals surface area (Å²) in [5, 5.41) is 15.0. The standard InChI is InChI=1S/C22H24N4O4/c1-15(2)26(12-13-27)22(29)18-19(30-14-16-8-4-3-5-9-16)21(28)25-20(24-18)17-10-6-7-11-23-17/h3-11,15,27H,12-14H2,1-2H3,(H,24,25,28)/i27T. The van der Waals surface area contributed by atoms with Crippen LogP contribution in [0.25, 0.3) is 11.5 Å². The fraction of sp³-hybridized carbons (Fsp3) is 0.273. The molecule has 0 aliphatic carbocycles. The highest BCUT2D eigenvalue weighted by Gasteiger charge is 2.28. The number of rotatable bonds is 9. The third-order valence-electron chi connectivity index (χ3n) is 4.39. The van der Waals surface area contributed by atoms with Crippen molar-refractivity contribution in [2.24, 2.45) is 0 Å². The van der Waals surface area contributed by atoms with Crippen LogP contribution in [-0.4, -0.2) is 56.6 Å². The molecule has 2 heterocycles. The second kappa shape index (κ2) is 9.80. The van der Waals surface area contributed by atoms with Gasteiger partial charge < -0.3 is 19.9 Å². The van der Waals surface area contributed by atoms with Crippen LogP contribution in [0.4, 0.5) is 0 Å². The Morgan fingerprint density at radius 2 is 1.93 bits per heavy atom. The van der Waals surface area contributed by atoms with Gasteiger partial charge in [0.15, 0.2) is 11.5 Å². The second-order valence-electron chi connectivity index (χ2n) is 6.83. The lowest BCUT2D eigenvalue weighted by Gasteiger charge is -2.26. The van der Waals surface area contributed by atoms with Crippen molar-refractivity contribution in [3.05, 3.63) is 66.0 Å². The molecule has 0 saturated heterocycles. The van der Waals surface area contributed by atoms with Gasteiger partial charge in [-0.25, -0.2) is 4.98 Å². The van der Waals surface area contributed by atoms with Crippen LogP contribution >= 0.6 is 0 Å². The summed E-state index contributed by atoms with van der Waals surface area (Å²) in [5.74, 6) is -0.916. The van der Waals surface area contributed by atoms with Crippen LogP contribution in [0.1, 0.15) is 29.9 Å². The number of carbonyl (C=O) groups is 1. The van der Waals surface area contributed by atoms with Crippen LogP contribution in [0.15, 0.2) is 54.7 Å². The molecule has 0 unspecified atom stereocenters. The molecular formula is C22H24N4O4. The van der Waals surface area contributed by atoms with Gasteiger partial charge in [-0.2, -0.15) is 4.98 Å². The monoisotopic (exact) mass is 410 g/mol. The van der Waals surface area contributed by atoms with Crippen LogP contribution in [0.2, 0.25) is 0 Å². The topological polar surface area (TPSA) is 109 Å². The molecule has 1 aromatic carbocycles. The molecule has 1 amide bonds. The maximum absolute atomic E-state index is 13.4. The molecule has 8 heteroatoms. The van der Waals surface area contributed by atoms with Gasteiger partial charge in [0.2, 0.25) is 7.18 Å². The van der Waals surface area contributed by atoms with Gasteiger partial charge in [-0.05, 0) is 31.5 Å². The molecule has 8 nitrogen and oxygen atoms in total. The molecule has 0 fully saturated rings. The highest BCUT2D eigenvalue weighted by molar-refractivity contribution is 5.96. The van der Waals surface area contributed by atoms with Gasteiger partial charge >= 0.3 is 0 Å². The van der Waals surface area contributed by atoms with E-state index in [-0.39, 0.29) is 43.1 Å². The van der Waals surface area contributed by atoms with E-state index >= 15 is 0 Å². The molecule has 3 aromatic rings. The first-order chi connectivity index (χ1) is 15.0. The highest BCUT2D eigenvalue weighted by Crippen LogP contribution is 2.31. The van der Waals surface area contributed by atoms with E-state index in [1.54, 1.807) is 24.4 Å². The van der Waals surface area contributed by atoms with Crippen LogP contribution in [-0.2, 0) is 6.61 Å². The Morgan fingerprint density at radius 1 is 1.17 bits per heavy atom. The fourth-order valence-corrected chi connectivity index (χ4v) is 2.88. The molecule has 0 aliphatic heterocycles. The van der Waals surface area contributed by atoms with Gasteiger partial charge in [0.1, 0.15) is 12.3 Å². The van der Waals surface area contributed by atoms with Gasteiger partial charge in [-0.3, -0.25) is 9.78 Å². The van der Waals surface area contributed by atoms with E-state index in [1.165, 1.54) is 4.90 Å². The summed E-state index contributed by atoms with van der Waals surface area (Å²) in [5.41, 5.74) is 1.19. The molecule has 0 aliphatic rings. The lowest BCUT2D eigenvalue weighted by molar-refractivity contribution is 0.0652. The third-order valence-corrected chi connectivity index (χ3v) is 4.39. The fourth-order valence-electron chi connectivity index (χ4n) is 2.88. The number of nitrogens with zero attached hydrogens (tertiary/aromatic N) is 4. The maximum Gasteiger partial charge on any atom is 0.276 e. The quantitative estimate of drug-likeness (QED) is 0.558. The number of aromatic nitrogens is 3. The molecule has 0 spiro atoms. The van der Waals surface area contributed by atoms with Crippen LogP contribution < -0.4 is 4.74 Å². The second-order valence-corrected chi connectivity index (χ2v) is 6.83. The van der Waals surface area contributed by atoms with E-state index in [0.29, 0.717) is 5.69 Å². The minimum absolute atomic E-state index is 0.0360. The number of pyridine rings is 1. The largest absolute Gasteiger partial charge is 0.491 e. The van der Waals surface area contributed by atoms with Gasteiger partial charge in [0, 0.05) is 18.8 Å². The van der Waals surface area contributed by atoms with Crippen molar-refractivity contribution >= 4 is 5.91 Å². The predicted molar refractivity (Wildman–Crippen MR) is 111 cm³/mol. The van der Waals surface area contributed by atoms with Crippen LogP contribution in [0, 0.1) is 0 Å². The molecule has 156 valence electrons. The Bertz CT molecular complexity index is 1000. The molecule has 0 saturated carbocycles. The molecule has 0 radical (unpaired) electrons. The summed E-state index contributed by atoms with van der Waals surface area (Å²) in [6, 6.07) is 14.3. The number of benzene rings is 1. The summed E-state index contributed by atoms with van der Waals surface area (Å²) in [4.78, 5) is 27.5. The number of ether oxygens (including phenoxy) is 1. The smallest absolute Gasteiger partial charge is 0.276 e. The molecular weight excluding hydrogens is 384 g/mol. The van der Waals surface area contributed by atoms with E-state index in [4.69, 9.17) is 6.17 Å². The lowest BCUT2D eigenvalue weighted by atomic mass is 10.2. The Kier molecular flexibility index (Phi) is 6.46. The maximum atomic E-state index is 13.4. The number of aliphatic hydroxyl groups is 1. The minimum Gasteiger partial charge on any atom is -0.491 e. The molecule has 0 atom stereocenters. The Labute approximate surface area is 176 Å². The van der Waals surface area contributed by atoms with Crippen molar-refractivity contribution in [3.63, 3.8) is 0 Å². The van der Waals surface area contributed by atoms with E-state index < -0.39 is 11.8 Å².